The lowest BCUT2D eigenvalue weighted by molar-refractivity contribution is 0.0101. The third kappa shape index (κ3) is 4.06. The molecule has 0 radical (unpaired) electrons. The zero-order valence-corrected chi connectivity index (χ0v) is 10.7. The lowest BCUT2D eigenvalue weighted by Gasteiger charge is -2.22. The summed E-state index contributed by atoms with van der Waals surface area (Å²) in [6, 6.07) is 0.808. The fraction of sp³-hybridized carbons (Fsp3) is 1.00. The van der Waals surface area contributed by atoms with E-state index in [4.69, 9.17) is 4.74 Å². The van der Waals surface area contributed by atoms with Crippen molar-refractivity contribution < 1.29 is 4.74 Å². The number of rotatable bonds is 5. The van der Waals surface area contributed by atoms with Crippen molar-refractivity contribution in [1.29, 1.82) is 0 Å². The molecule has 1 saturated carbocycles. The zero-order valence-electron chi connectivity index (χ0n) is 10.7. The zero-order chi connectivity index (χ0) is 11.2. The molecule has 3 unspecified atom stereocenters. The minimum absolute atomic E-state index is 0.568. The quantitative estimate of drug-likeness (QED) is 0.726. The highest BCUT2D eigenvalue weighted by Gasteiger charge is 2.20. The Kier molecular flexibility index (Phi) is 5.11. The van der Waals surface area contributed by atoms with E-state index in [1.807, 2.05) is 0 Å². The standard InChI is InChI=1S/C14H27NO/c1-12-7-8-13(11-12)15-9-4-6-14-5-2-3-10-16-14/h12-15H,2-11H2,1H3. The van der Waals surface area contributed by atoms with Crippen molar-refractivity contribution in [3.05, 3.63) is 0 Å². The SMILES string of the molecule is CC1CCC(NCCCC2CCCCO2)C1. The monoisotopic (exact) mass is 225 g/mol. The first-order valence-electron chi connectivity index (χ1n) is 7.19. The van der Waals surface area contributed by atoms with E-state index in [1.165, 1.54) is 57.9 Å². The summed E-state index contributed by atoms with van der Waals surface area (Å²) in [5, 5.41) is 3.70. The molecule has 1 aliphatic carbocycles. The molecule has 0 aromatic heterocycles. The van der Waals surface area contributed by atoms with E-state index >= 15 is 0 Å². The summed E-state index contributed by atoms with van der Waals surface area (Å²) in [7, 11) is 0. The summed E-state index contributed by atoms with van der Waals surface area (Å²) in [6.07, 6.45) is 11.3. The van der Waals surface area contributed by atoms with Gasteiger partial charge in [0.15, 0.2) is 0 Å². The van der Waals surface area contributed by atoms with Gasteiger partial charge in [-0.15, -0.1) is 0 Å². The first kappa shape index (κ1) is 12.4. The van der Waals surface area contributed by atoms with E-state index in [2.05, 4.69) is 12.2 Å². The van der Waals surface area contributed by atoms with E-state index in [9.17, 15) is 0 Å². The molecule has 0 bridgehead atoms. The van der Waals surface area contributed by atoms with Crippen molar-refractivity contribution in [2.24, 2.45) is 5.92 Å². The van der Waals surface area contributed by atoms with Gasteiger partial charge in [0, 0.05) is 12.6 Å². The molecule has 3 atom stereocenters. The Morgan fingerprint density at radius 1 is 1.19 bits per heavy atom. The molecule has 0 aromatic rings. The highest BCUT2D eigenvalue weighted by molar-refractivity contribution is 4.78. The van der Waals surface area contributed by atoms with Crippen molar-refractivity contribution in [1.82, 2.24) is 5.32 Å². The number of nitrogens with one attached hydrogen (secondary N) is 1. The largest absolute Gasteiger partial charge is 0.378 e. The van der Waals surface area contributed by atoms with Crippen LogP contribution in [0.1, 0.15) is 58.3 Å². The molecule has 1 aliphatic heterocycles. The minimum atomic E-state index is 0.568. The van der Waals surface area contributed by atoms with E-state index in [1.54, 1.807) is 0 Å². The predicted octanol–water partition coefficient (Wildman–Crippen LogP) is 3.11. The fourth-order valence-corrected chi connectivity index (χ4v) is 3.06. The Morgan fingerprint density at radius 3 is 2.81 bits per heavy atom. The average Bonchev–Trinajstić information content (AvgIpc) is 2.72. The second-order valence-electron chi connectivity index (χ2n) is 5.70. The molecule has 94 valence electrons. The molecular formula is C14H27NO. The van der Waals surface area contributed by atoms with Crippen LogP contribution in [0.4, 0.5) is 0 Å². The number of ether oxygens (including phenoxy) is 1. The van der Waals surface area contributed by atoms with Gasteiger partial charge in [-0.3, -0.25) is 0 Å². The fourth-order valence-electron chi connectivity index (χ4n) is 3.06. The maximum atomic E-state index is 5.74. The molecular weight excluding hydrogens is 198 g/mol. The van der Waals surface area contributed by atoms with Gasteiger partial charge < -0.3 is 10.1 Å². The van der Waals surface area contributed by atoms with E-state index in [0.717, 1.165) is 18.6 Å². The van der Waals surface area contributed by atoms with Gasteiger partial charge in [-0.2, -0.15) is 0 Å². The maximum Gasteiger partial charge on any atom is 0.0575 e. The van der Waals surface area contributed by atoms with E-state index < -0.39 is 0 Å². The van der Waals surface area contributed by atoms with Crippen LogP contribution in [0.3, 0.4) is 0 Å². The third-order valence-electron chi connectivity index (χ3n) is 4.10. The van der Waals surface area contributed by atoms with Crippen molar-refractivity contribution in [2.75, 3.05) is 13.2 Å². The first-order valence-corrected chi connectivity index (χ1v) is 7.19. The van der Waals surface area contributed by atoms with E-state index in [0.29, 0.717) is 6.10 Å². The molecule has 16 heavy (non-hydrogen) atoms. The van der Waals surface area contributed by atoms with Gasteiger partial charge in [0.1, 0.15) is 0 Å². The van der Waals surface area contributed by atoms with Crippen molar-refractivity contribution in [3.8, 4) is 0 Å². The molecule has 2 aliphatic rings. The summed E-state index contributed by atoms with van der Waals surface area (Å²) >= 11 is 0. The Bertz CT molecular complexity index is 182. The Morgan fingerprint density at radius 2 is 2.12 bits per heavy atom. The van der Waals surface area contributed by atoms with Crippen LogP contribution in [0.2, 0.25) is 0 Å². The first-order chi connectivity index (χ1) is 7.84. The smallest absolute Gasteiger partial charge is 0.0575 e. The van der Waals surface area contributed by atoms with Gasteiger partial charge >= 0.3 is 0 Å². The predicted molar refractivity (Wildman–Crippen MR) is 67.6 cm³/mol. The van der Waals surface area contributed by atoms with Crippen LogP contribution in [0.15, 0.2) is 0 Å². The molecule has 1 N–H and O–H groups in total. The highest BCUT2D eigenvalue weighted by atomic mass is 16.5. The van der Waals surface area contributed by atoms with Crippen LogP contribution in [-0.2, 0) is 4.74 Å². The second kappa shape index (κ2) is 6.61. The lowest BCUT2D eigenvalue weighted by Crippen LogP contribution is -2.28. The Hall–Kier alpha value is -0.0800. The summed E-state index contributed by atoms with van der Waals surface area (Å²) < 4.78 is 5.74. The van der Waals surface area contributed by atoms with Crippen molar-refractivity contribution in [2.45, 2.75) is 70.4 Å². The summed E-state index contributed by atoms with van der Waals surface area (Å²) in [4.78, 5) is 0. The third-order valence-corrected chi connectivity index (χ3v) is 4.10. The summed E-state index contributed by atoms with van der Waals surface area (Å²) in [5.41, 5.74) is 0. The molecule has 2 rings (SSSR count). The van der Waals surface area contributed by atoms with Gasteiger partial charge in [0.2, 0.25) is 0 Å². The van der Waals surface area contributed by atoms with Crippen LogP contribution >= 0.6 is 0 Å². The number of hydrogen-bond acceptors (Lipinski definition) is 2. The maximum absolute atomic E-state index is 5.74. The molecule has 1 heterocycles. The molecule has 0 amide bonds. The van der Waals surface area contributed by atoms with Crippen molar-refractivity contribution in [3.63, 3.8) is 0 Å². The summed E-state index contributed by atoms with van der Waals surface area (Å²) in [6.45, 7) is 4.56. The van der Waals surface area contributed by atoms with Gasteiger partial charge in [-0.1, -0.05) is 6.92 Å². The van der Waals surface area contributed by atoms with Crippen LogP contribution in [0.5, 0.6) is 0 Å². The number of hydrogen-bond donors (Lipinski definition) is 1. The van der Waals surface area contributed by atoms with Gasteiger partial charge in [0.05, 0.1) is 6.10 Å². The van der Waals surface area contributed by atoms with Crippen LogP contribution in [0, 0.1) is 5.92 Å². The Labute approximate surface area is 100 Å². The average molecular weight is 225 g/mol. The molecule has 2 nitrogen and oxygen atoms in total. The molecule has 0 spiro atoms. The van der Waals surface area contributed by atoms with E-state index in [-0.39, 0.29) is 0 Å². The van der Waals surface area contributed by atoms with Gasteiger partial charge in [-0.05, 0) is 63.8 Å². The van der Waals surface area contributed by atoms with Crippen LogP contribution in [0.25, 0.3) is 0 Å². The minimum Gasteiger partial charge on any atom is -0.378 e. The highest BCUT2D eigenvalue weighted by Crippen LogP contribution is 2.24. The molecule has 2 fully saturated rings. The normalized spacial score (nSPS) is 35.4. The lowest BCUT2D eigenvalue weighted by atomic mass is 10.0. The van der Waals surface area contributed by atoms with Crippen LogP contribution < -0.4 is 5.32 Å². The van der Waals surface area contributed by atoms with Gasteiger partial charge in [-0.25, -0.2) is 0 Å². The van der Waals surface area contributed by atoms with Gasteiger partial charge in [0.25, 0.3) is 0 Å². The molecule has 2 heteroatoms. The molecule has 0 aromatic carbocycles. The summed E-state index contributed by atoms with van der Waals surface area (Å²) in [5.74, 6) is 0.944. The van der Waals surface area contributed by atoms with Crippen LogP contribution in [-0.4, -0.2) is 25.3 Å². The van der Waals surface area contributed by atoms with Crippen molar-refractivity contribution >= 4 is 0 Å². The molecule has 1 saturated heterocycles. The topological polar surface area (TPSA) is 21.3 Å². The second-order valence-corrected chi connectivity index (χ2v) is 5.70. The Balaban J connectivity index is 1.48.